The smallest absolute Gasteiger partial charge is 0.274 e. The van der Waals surface area contributed by atoms with Crippen LogP contribution in [0.5, 0.6) is 0 Å². The molecular formula is C26H19FN6O. The Morgan fingerprint density at radius 1 is 0.735 bits per heavy atom. The van der Waals surface area contributed by atoms with Gasteiger partial charge in [-0.3, -0.25) is 14.8 Å². The highest BCUT2D eigenvalue weighted by molar-refractivity contribution is 6.03. The molecule has 0 unspecified atom stereocenters. The largest absolute Gasteiger partial charge is 0.355 e. The number of fused-ring (bicyclic) bond motifs is 1. The average molecular weight is 450 g/mol. The molecule has 0 aliphatic heterocycles. The van der Waals surface area contributed by atoms with Gasteiger partial charge in [0.15, 0.2) is 0 Å². The normalized spacial score (nSPS) is 10.6. The molecule has 2 aromatic carbocycles. The summed E-state index contributed by atoms with van der Waals surface area (Å²) in [4.78, 5) is 25.2. The van der Waals surface area contributed by atoms with Gasteiger partial charge in [0, 0.05) is 46.7 Å². The first-order chi connectivity index (χ1) is 16.6. The molecule has 8 heteroatoms. The Morgan fingerprint density at radius 3 is 2.41 bits per heavy atom. The Labute approximate surface area is 194 Å². The van der Waals surface area contributed by atoms with E-state index in [0.29, 0.717) is 28.0 Å². The van der Waals surface area contributed by atoms with Crippen LogP contribution in [0, 0.1) is 5.82 Å². The van der Waals surface area contributed by atoms with E-state index in [1.54, 1.807) is 55.1 Å². The van der Waals surface area contributed by atoms with Gasteiger partial charge in [0.1, 0.15) is 11.5 Å². The molecule has 5 rings (SSSR count). The summed E-state index contributed by atoms with van der Waals surface area (Å²) in [6.07, 6.45) is 6.61. The Balaban J connectivity index is 1.27. The number of amides is 1. The molecule has 7 nitrogen and oxygen atoms in total. The first-order valence-electron chi connectivity index (χ1n) is 10.5. The Morgan fingerprint density at radius 2 is 1.59 bits per heavy atom. The van der Waals surface area contributed by atoms with Crippen LogP contribution in [0.4, 0.5) is 32.8 Å². The number of benzene rings is 2. The molecular weight excluding hydrogens is 431 g/mol. The van der Waals surface area contributed by atoms with Crippen molar-refractivity contribution in [3.8, 4) is 0 Å². The predicted octanol–water partition coefficient (Wildman–Crippen LogP) is 5.90. The summed E-state index contributed by atoms with van der Waals surface area (Å²) < 4.78 is 13.7. The van der Waals surface area contributed by atoms with Crippen molar-refractivity contribution in [3.63, 3.8) is 0 Å². The van der Waals surface area contributed by atoms with Gasteiger partial charge in [-0.1, -0.05) is 6.07 Å². The Kier molecular flexibility index (Phi) is 5.77. The van der Waals surface area contributed by atoms with E-state index in [4.69, 9.17) is 0 Å². The third-order valence-corrected chi connectivity index (χ3v) is 5.07. The molecule has 3 aromatic heterocycles. The summed E-state index contributed by atoms with van der Waals surface area (Å²) in [6.45, 7) is 0. The van der Waals surface area contributed by atoms with Gasteiger partial charge in [-0.05, 0) is 66.7 Å². The molecule has 0 atom stereocenters. The van der Waals surface area contributed by atoms with Crippen LogP contribution in [0.1, 0.15) is 10.5 Å². The van der Waals surface area contributed by atoms with E-state index >= 15 is 0 Å². The second kappa shape index (κ2) is 9.33. The van der Waals surface area contributed by atoms with Gasteiger partial charge in [0.2, 0.25) is 0 Å². The lowest BCUT2D eigenvalue weighted by atomic mass is 10.2. The summed E-state index contributed by atoms with van der Waals surface area (Å²) in [5.74, 6) is -0.669. The number of aromatic nitrogens is 3. The van der Waals surface area contributed by atoms with E-state index in [9.17, 15) is 9.18 Å². The van der Waals surface area contributed by atoms with Crippen molar-refractivity contribution in [2.75, 3.05) is 16.0 Å². The molecule has 166 valence electrons. The molecule has 0 bridgehead atoms. The average Bonchev–Trinajstić information content (AvgIpc) is 2.86. The highest BCUT2D eigenvalue weighted by atomic mass is 19.1. The first kappa shape index (κ1) is 21.0. The van der Waals surface area contributed by atoms with E-state index < -0.39 is 0 Å². The van der Waals surface area contributed by atoms with Gasteiger partial charge in [-0.25, -0.2) is 9.37 Å². The number of anilines is 5. The molecule has 0 spiro atoms. The number of hydrogen-bond donors (Lipinski definition) is 3. The quantitative estimate of drug-likeness (QED) is 0.298. The lowest BCUT2D eigenvalue weighted by molar-refractivity contribution is 0.102. The van der Waals surface area contributed by atoms with Crippen molar-refractivity contribution in [1.29, 1.82) is 0 Å². The van der Waals surface area contributed by atoms with Crippen molar-refractivity contribution in [3.05, 3.63) is 109 Å². The number of hydrogen-bond acceptors (Lipinski definition) is 6. The molecule has 3 heterocycles. The van der Waals surface area contributed by atoms with E-state index in [1.807, 2.05) is 30.3 Å². The number of pyridine rings is 3. The first-order valence-corrected chi connectivity index (χ1v) is 10.5. The number of nitrogens with zero attached hydrogens (tertiary/aromatic N) is 3. The fraction of sp³-hybridized carbons (Fsp3) is 0. The number of nitrogens with one attached hydrogen (secondary N) is 3. The molecule has 0 radical (unpaired) electrons. The van der Waals surface area contributed by atoms with Gasteiger partial charge >= 0.3 is 0 Å². The number of halogens is 1. The summed E-state index contributed by atoms with van der Waals surface area (Å²) >= 11 is 0. The van der Waals surface area contributed by atoms with E-state index in [2.05, 4.69) is 30.9 Å². The van der Waals surface area contributed by atoms with E-state index in [-0.39, 0.29) is 17.4 Å². The zero-order chi connectivity index (χ0) is 23.3. The molecule has 0 aliphatic rings. The van der Waals surface area contributed by atoms with Gasteiger partial charge in [-0.2, -0.15) is 0 Å². The molecule has 1 amide bonds. The fourth-order valence-corrected chi connectivity index (χ4v) is 3.46. The van der Waals surface area contributed by atoms with Crippen LogP contribution in [0.25, 0.3) is 10.9 Å². The third kappa shape index (κ3) is 4.81. The minimum Gasteiger partial charge on any atom is -0.355 e. The molecule has 0 saturated carbocycles. The van der Waals surface area contributed by atoms with Crippen LogP contribution >= 0.6 is 0 Å². The predicted molar refractivity (Wildman–Crippen MR) is 131 cm³/mol. The van der Waals surface area contributed by atoms with Crippen molar-refractivity contribution in [2.45, 2.75) is 0 Å². The maximum atomic E-state index is 13.7. The van der Waals surface area contributed by atoms with Crippen LogP contribution in [-0.2, 0) is 0 Å². The number of carbonyl (C=O) groups is 1. The topological polar surface area (TPSA) is 91.8 Å². The summed E-state index contributed by atoms with van der Waals surface area (Å²) in [6, 6.07) is 20.7. The standard InChI is InChI=1S/C26H19FN6O/c27-17-4-6-23-22(14-17)24(10-13-29-23)32-21-5-7-25(30-16-21)26(34)33-20-3-1-2-19(15-20)31-18-8-11-28-12-9-18/h1-16H,(H,28,31)(H,29,32)(H,33,34). The van der Waals surface area contributed by atoms with Crippen molar-refractivity contribution in [2.24, 2.45) is 0 Å². The Bertz CT molecular complexity index is 1460. The second-order valence-corrected chi connectivity index (χ2v) is 7.47. The molecule has 0 aliphatic carbocycles. The van der Waals surface area contributed by atoms with E-state index in [1.165, 1.54) is 12.1 Å². The van der Waals surface area contributed by atoms with Gasteiger partial charge in [-0.15, -0.1) is 0 Å². The molecule has 0 fully saturated rings. The lowest BCUT2D eigenvalue weighted by Crippen LogP contribution is -2.13. The monoisotopic (exact) mass is 450 g/mol. The molecule has 3 N–H and O–H groups in total. The number of carbonyl (C=O) groups excluding carboxylic acids is 1. The van der Waals surface area contributed by atoms with Crippen molar-refractivity contribution < 1.29 is 9.18 Å². The molecule has 5 aromatic rings. The zero-order valence-electron chi connectivity index (χ0n) is 17.9. The Hall–Kier alpha value is -4.85. The van der Waals surface area contributed by atoms with Crippen LogP contribution in [0.2, 0.25) is 0 Å². The van der Waals surface area contributed by atoms with Crippen LogP contribution in [0.15, 0.2) is 97.6 Å². The van der Waals surface area contributed by atoms with Gasteiger partial charge in [0.25, 0.3) is 5.91 Å². The van der Waals surface area contributed by atoms with E-state index in [0.717, 1.165) is 11.4 Å². The number of rotatable bonds is 6. The maximum Gasteiger partial charge on any atom is 0.274 e. The third-order valence-electron chi connectivity index (χ3n) is 5.07. The summed E-state index contributed by atoms with van der Waals surface area (Å²) in [7, 11) is 0. The van der Waals surface area contributed by atoms with Gasteiger partial charge in [0.05, 0.1) is 17.4 Å². The van der Waals surface area contributed by atoms with Crippen molar-refractivity contribution in [1.82, 2.24) is 15.0 Å². The maximum absolute atomic E-state index is 13.7. The highest BCUT2D eigenvalue weighted by Crippen LogP contribution is 2.26. The zero-order valence-corrected chi connectivity index (χ0v) is 17.9. The minimum absolute atomic E-state index is 0.267. The molecule has 34 heavy (non-hydrogen) atoms. The fourth-order valence-electron chi connectivity index (χ4n) is 3.46. The highest BCUT2D eigenvalue weighted by Gasteiger charge is 2.09. The summed E-state index contributed by atoms with van der Waals surface area (Å²) in [5, 5.41) is 9.98. The minimum atomic E-state index is -0.339. The van der Waals surface area contributed by atoms with Crippen molar-refractivity contribution >= 4 is 45.2 Å². The lowest BCUT2D eigenvalue weighted by Gasteiger charge is -2.11. The molecule has 0 saturated heterocycles. The SMILES string of the molecule is O=C(Nc1cccc(Nc2ccncc2)c1)c1ccc(Nc2ccnc3ccc(F)cc23)cn1. The van der Waals surface area contributed by atoms with Crippen LogP contribution in [0.3, 0.4) is 0 Å². The van der Waals surface area contributed by atoms with Gasteiger partial charge < -0.3 is 16.0 Å². The second-order valence-electron chi connectivity index (χ2n) is 7.47. The van der Waals surface area contributed by atoms with Crippen LogP contribution < -0.4 is 16.0 Å². The summed E-state index contributed by atoms with van der Waals surface area (Å²) in [5.41, 5.74) is 4.67. The van der Waals surface area contributed by atoms with Crippen LogP contribution in [-0.4, -0.2) is 20.9 Å².